The number of ether oxygens (including phenoxy) is 1. The summed E-state index contributed by atoms with van der Waals surface area (Å²) >= 11 is 1.61. The second-order valence-electron chi connectivity index (χ2n) is 5.33. The highest BCUT2D eigenvalue weighted by Gasteiger charge is 2.12. The lowest BCUT2D eigenvalue weighted by Crippen LogP contribution is -2.21. The topological polar surface area (TPSA) is 54.1 Å². The number of hydrogen-bond acceptors (Lipinski definition) is 4. The Bertz CT molecular complexity index is 848. The molecule has 3 aromatic rings. The van der Waals surface area contributed by atoms with Gasteiger partial charge < -0.3 is 15.0 Å². The van der Waals surface area contributed by atoms with Gasteiger partial charge in [0.15, 0.2) is 0 Å². The third kappa shape index (κ3) is 2.54. The SMILES string of the molecule is COc1cccc2c(=O)[nH]c3sc(CNC(C)C)cc3c12. The number of hydrogen-bond donors (Lipinski definition) is 2. The predicted molar refractivity (Wildman–Crippen MR) is 88.5 cm³/mol. The minimum Gasteiger partial charge on any atom is -0.496 e. The molecule has 0 spiro atoms. The smallest absolute Gasteiger partial charge is 0.257 e. The van der Waals surface area contributed by atoms with Crippen LogP contribution in [-0.4, -0.2) is 18.1 Å². The van der Waals surface area contributed by atoms with Gasteiger partial charge in [0.1, 0.15) is 10.6 Å². The molecule has 2 N–H and O–H groups in total. The second kappa shape index (κ2) is 5.50. The molecule has 0 atom stereocenters. The maximum Gasteiger partial charge on any atom is 0.257 e. The Balaban J connectivity index is 2.24. The zero-order chi connectivity index (χ0) is 15.0. The minimum atomic E-state index is -0.0679. The Morgan fingerprint density at radius 1 is 1.33 bits per heavy atom. The summed E-state index contributed by atoms with van der Waals surface area (Å²) in [5.41, 5.74) is -0.0679. The quantitative estimate of drug-likeness (QED) is 0.778. The van der Waals surface area contributed by atoms with Crippen molar-refractivity contribution in [1.29, 1.82) is 0 Å². The number of rotatable bonds is 4. The Kier molecular flexibility index (Phi) is 3.69. The van der Waals surface area contributed by atoms with Crippen molar-refractivity contribution in [2.75, 3.05) is 7.11 Å². The molecule has 0 aliphatic rings. The van der Waals surface area contributed by atoms with Crippen LogP contribution in [0.15, 0.2) is 29.1 Å². The van der Waals surface area contributed by atoms with E-state index in [0.29, 0.717) is 11.4 Å². The summed E-state index contributed by atoms with van der Waals surface area (Å²) < 4.78 is 5.43. The van der Waals surface area contributed by atoms with E-state index in [-0.39, 0.29) is 5.56 Å². The predicted octanol–water partition coefficient (Wildman–Crippen LogP) is 3.25. The van der Waals surface area contributed by atoms with Crippen molar-refractivity contribution in [2.45, 2.75) is 26.4 Å². The molecule has 0 amide bonds. The van der Waals surface area contributed by atoms with Crippen molar-refractivity contribution in [3.63, 3.8) is 0 Å². The number of benzene rings is 1. The fraction of sp³-hybridized carbons (Fsp3) is 0.312. The van der Waals surface area contributed by atoms with Gasteiger partial charge in [-0.15, -0.1) is 11.3 Å². The number of thiophene rings is 1. The zero-order valence-corrected chi connectivity index (χ0v) is 13.1. The average molecular weight is 302 g/mol. The van der Waals surface area contributed by atoms with Crippen LogP contribution in [0.4, 0.5) is 0 Å². The van der Waals surface area contributed by atoms with E-state index in [2.05, 4.69) is 30.2 Å². The number of methoxy groups -OCH3 is 1. The van der Waals surface area contributed by atoms with Crippen molar-refractivity contribution in [1.82, 2.24) is 10.3 Å². The molecule has 0 saturated heterocycles. The summed E-state index contributed by atoms with van der Waals surface area (Å²) in [6.45, 7) is 5.04. The Morgan fingerprint density at radius 2 is 2.14 bits per heavy atom. The first-order valence-electron chi connectivity index (χ1n) is 6.95. The van der Waals surface area contributed by atoms with Gasteiger partial charge in [0, 0.05) is 28.2 Å². The van der Waals surface area contributed by atoms with Crippen LogP contribution < -0.4 is 15.6 Å². The van der Waals surface area contributed by atoms with E-state index in [0.717, 1.165) is 27.9 Å². The number of aromatic amines is 1. The van der Waals surface area contributed by atoms with Crippen LogP contribution in [0.5, 0.6) is 5.75 Å². The number of H-pyrrole nitrogens is 1. The number of nitrogens with one attached hydrogen (secondary N) is 2. The maximum atomic E-state index is 12.2. The summed E-state index contributed by atoms with van der Waals surface area (Å²) in [5, 5.41) is 6.01. The molecular formula is C16H18N2O2S. The van der Waals surface area contributed by atoms with Gasteiger partial charge in [0.2, 0.25) is 0 Å². The molecular weight excluding hydrogens is 284 g/mol. The molecule has 0 aliphatic carbocycles. The second-order valence-corrected chi connectivity index (χ2v) is 6.46. The summed E-state index contributed by atoms with van der Waals surface area (Å²) in [6, 6.07) is 8.14. The summed E-state index contributed by atoms with van der Waals surface area (Å²) in [7, 11) is 1.63. The maximum absolute atomic E-state index is 12.2. The van der Waals surface area contributed by atoms with Crippen LogP contribution >= 0.6 is 11.3 Å². The van der Waals surface area contributed by atoms with Gasteiger partial charge in [0.25, 0.3) is 5.56 Å². The van der Waals surface area contributed by atoms with E-state index in [4.69, 9.17) is 4.74 Å². The largest absolute Gasteiger partial charge is 0.496 e. The van der Waals surface area contributed by atoms with E-state index in [9.17, 15) is 4.79 Å². The summed E-state index contributed by atoms with van der Waals surface area (Å²) in [4.78, 5) is 17.3. The first-order chi connectivity index (χ1) is 10.1. The first-order valence-corrected chi connectivity index (χ1v) is 7.76. The molecule has 110 valence electrons. The van der Waals surface area contributed by atoms with Crippen LogP contribution in [0.25, 0.3) is 21.0 Å². The molecule has 0 aliphatic heterocycles. The Labute approximate surface area is 126 Å². The third-order valence-electron chi connectivity index (χ3n) is 3.45. The third-order valence-corrected chi connectivity index (χ3v) is 4.51. The van der Waals surface area contributed by atoms with E-state index >= 15 is 0 Å². The molecule has 21 heavy (non-hydrogen) atoms. The minimum absolute atomic E-state index is 0.0679. The fourth-order valence-electron chi connectivity index (χ4n) is 2.45. The Hall–Kier alpha value is -1.85. The summed E-state index contributed by atoms with van der Waals surface area (Å²) in [5.74, 6) is 0.741. The van der Waals surface area contributed by atoms with Gasteiger partial charge in [-0.05, 0) is 18.2 Å². The van der Waals surface area contributed by atoms with Crippen molar-refractivity contribution < 1.29 is 4.74 Å². The molecule has 2 heterocycles. The van der Waals surface area contributed by atoms with Crippen LogP contribution in [0.3, 0.4) is 0 Å². The van der Waals surface area contributed by atoms with Gasteiger partial charge in [-0.3, -0.25) is 4.79 Å². The van der Waals surface area contributed by atoms with Crippen LogP contribution in [0.1, 0.15) is 18.7 Å². The molecule has 0 fully saturated rings. The van der Waals surface area contributed by atoms with E-state index < -0.39 is 0 Å². The molecule has 1 aromatic carbocycles. The summed E-state index contributed by atoms with van der Waals surface area (Å²) in [6.07, 6.45) is 0. The molecule has 0 saturated carbocycles. The average Bonchev–Trinajstić information content (AvgIpc) is 2.87. The van der Waals surface area contributed by atoms with Gasteiger partial charge in [0.05, 0.1) is 12.5 Å². The standard InChI is InChI=1S/C16H18N2O2S/c1-9(2)17-8-10-7-12-14-11(5-4-6-13(14)20-3)15(19)18-16(12)21-10/h4-7,9,17H,8H2,1-3H3,(H,18,19). The molecule has 3 rings (SSSR count). The lowest BCUT2D eigenvalue weighted by atomic mass is 10.1. The monoisotopic (exact) mass is 302 g/mol. The van der Waals surface area contributed by atoms with Gasteiger partial charge in [-0.1, -0.05) is 19.9 Å². The van der Waals surface area contributed by atoms with Crippen molar-refractivity contribution in [3.05, 3.63) is 39.5 Å². The van der Waals surface area contributed by atoms with Crippen molar-refractivity contribution in [3.8, 4) is 5.75 Å². The first kappa shape index (κ1) is 14.1. The molecule has 0 bridgehead atoms. The number of aromatic nitrogens is 1. The van der Waals surface area contributed by atoms with Crippen LogP contribution in [0.2, 0.25) is 0 Å². The highest BCUT2D eigenvalue weighted by atomic mass is 32.1. The fourth-order valence-corrected chi connectivity index (χ4v) is 3.46. The normalized spacial score (nSPS) is 11.6. The van der Waals surface area contributed by atoms with E-state index in [1.165, 1.54) is 4.88 Å². The molecule has 5 heteroatoms. The number of fused-ring (bicyclic) bond motifs is 3. The van der Waals surface area contributed by atoms with Crippen LogP contribution in [-0.2, 0) is 6.54 Å². The van der Waals surface area contributed by atoms with Crippen LogP contribution in [0, 0.1) is 0 Å². The van der Waals surface area contributed by atoms with Crippen molar-refractivity contribution >= 4 is 32.3 Å². The molecule has 0 unspecified atom stereocenters. The van der Waals surface area contributed by atoms with Crippen molar-refractivity contribution in [2.24, 2.45) is 0 Å². The lowest BCUT2D eigenvalue weighted by molar-refractivity contribution is 0.420. The molecule has 2 aromatic heterocycles. The van der Waals surface area contributed by atoms with E-state index in [1.807, 2.05) is 18.2 Å². The lowest BCUT2D eigenvalue weighted by Gasteiger charge is -2.05. The number of pyridine rings is 1. The van der Waals surface area contributed by atoms with Gasteiger partial charge in [-0.2, -0.15) is 0 Å². The Morgan fingerprint density at radius 3 is 2.86 bits per heavy atom. The zero-order valence-electron chi connectivity index (χ0n) is 12.3. The van der Waals surface area contributed by atoms with Gasteiger partial charge >= 0.3 is 0 Å². The molecule has 4 nitrogen and oxygen atoms in total. The highest BCUT2D eigenvalue weighted by molar-refractivity contribution is 7.18. The molecule has 0 radical (unpaired) electrons. The van der Waals surface area contributed by atoms with Gasteiger partial charge in [-0.25, -0.2) is 0 Å². The highest BCUT2D eigenvalue weighted by Crippen LogP contribution is 2.34. The van der Waals surface area contributed by atoms with E-state index in [1.54, 1.807) is 18.4 Å².